The van der Waals surface area contributed by atoms with Gasteiger partial charge in [0, 0.05) is 32.2 Å². The molecule has 0 unspecified atom stereocenters. The van der Waals surface area contributed by atoms with Crippen LogP contribution in [0, 0.1) is 0 Å². The lowest BCUT2D eigenvalue weighted by molar-refractivity contribution is -0.113. The number of anilines is 3. The number of rotatable bonds is 7. The number of amides is 1. The van der Waals surface area contributed by atoms with Crippen molar-refractivity contribution < 1.29 is 4.79 Å². The second-order valence-electron chi connectivity index (χ2n) is 6.85. The summed E-state index contributed by atoms with van der Waals surface area (Å²) in [7, 11) is 0. The molecular formula is C24H19ClN4OS3. The Bertz CT molecular complexity index is 1250. The zero-order valence-corrected chi connectivity index (χ0v) is 20.5. The third kappa shape index (κ3) is 7.03. The van der Waals surface area contributed by atoms with E-state index < -0.39 is 0 Å². The Kier molecular flexibility index (Phi) is 7.96. The van der Waals surface area contributed by atoms with E-state index in [2.05, 4.69) is 20.9 Å². The fourth-order valence-corrected chi connectivity index (χ4v) is 4.72. The molecule has 0 saturated heterocycles. The smallest absolute Gasteiger partial charge is 0.236 e. The topological polar surface area (TPSA) is 66.1 Å². The normalized spacial score (nSPS) is 10.5. The van der Waals surface area contributed by atoms with Crippen molar-refractivity contribution in [3.05, 3.63) is 89.3 Å². The van der Waals surface area contributed by atoms with Crippen LogP contribution in [0.3, 0.4) is 0 Å². The summed E-state index contributed by atoms with van der Waals surface area (Å²) in [4.78, 5) is 17.9. The van der Waals surface area contributed by atoms with Crippen molar-refractivity contribution >= 4 is 74.4 Å². The van der Waals surface area contributed by atoms with Gasteiger partial charge in [-0.2, -0.15) is 0 Å². The minimum Gasteiger partial charge on any atom is -0.332 e. The molecule has 4 aromatic rings. The number of benzene rings is 3. The van der Waals surface area contributed by atoms with Crippen molar-refractivity contribution in [3.8, 4) is 11.3 Å². The van der Waals surface area contributed by atoms with Crippen LogP contribution in [0.2, 0.25) is 5.02 Å². The quantitative estimate of drug-likeness (QED) is 0.184. The van der Waals surface area contributed by atoms with Crippen LogP contribution in [0.25, 0.3) is 11.3 Å². The molecule has 0 saturated carbocycles. The molecule has 3 N–H and O–H groups in total. The number of thioether (sulfide) groups is 1. The van der Waals surface area contributed by atoms with E-state index in [0.29, 0.717) is 15.3 Å². The Morgan fingerprint density at radius 1 is 0.939 bits per heavy atom. The second-order valence-corrected chi connectivity index (χ2v) is 9.61. The van der Waals surface area contributed by atoms with Gasteiger partial charge in [-0.1, -0.05) is 48.0 Å². The highest BCUT2D eigenvalue weighted by Crippen LogP contribution is 2.27. The first-order valence-corrected chi connectivity index (χ1v) is 12.6. The Morgan fingerprint density at radius 3 is 2.45 bits per heavy atom. The first kappa shape index (κ1) is 23.3. The summed E-state index contributed by atoms with van der Waals surface area (Å²) >= 11 is 14.1. The third-order valence-electron chi connectivity index (χ3n) is 4.38. The third-order valence-corrected chi connectivity index (χ3v) is 6.59. The molecule has 9 heteroatoms. The molecule has 33 heavy (non-hydrogen) atoms. The Balaban J connectivity index is 1.28. The number of thiazole rings is 1. The molecule has 0 bridgehead atoms. The monoisotopic (exact) mass is 510 g/mol. The largest absolute Gasteiger partial charge is 0.332 e. The summed E-state index contributed by atoms with van der Waals surface area (Å²) in [5, 5.41) is 12.8. The molecular weight excluding hydrogens is 492 g/mol. The van der Waals surface area contributed by atoms with Gasteiger partial charge in [-0.15, -0.1) is 23.1 Å². The van der Waals surface area contributed by atoms with Crippen molar-refractivity contribution in [2.45, 2.75) is 4.90 Å². The molecule has 4 rings (SSSR count). The molecule has 0 aliphatic heterocycles. The molecule has 166 valence electrons. The number of para-hydroxylation sites is 1. The SMILES string of the molecule is O=C(CSc1cccc(NC(=S)Nc2ccccc2)c1)Nc1nc(-c2ccc(Cl)cc2)cs1. The van der Waals surface area contributed by atoms with Crippen LogP contribution in [0.1, 0.15) is 0 Å². The first-order valence-electron chi connectivity index (χ1n) is 9.92. The number of aromatic nitrogens is 1. The molecule has 0 spiro atoms. The number of hydrogen-bond acceptors (Lipinski definition) is 5. The molecule has 0 fully saturated rings. The minimum atomic E-state index is -0.114. The van der Waals surface area contributed by atoms with Gasteiger partial charge in [0.1, 0.15) is 0 Å². The summed E-state index contributed by atoms with van der Waals surface area (Å²) in [5.41, 5.74) is 3.52. The van der Waals surface area contributed by atoms with Crippen LogP contribution < -0.4 is 16.0 Å². The summed E-state index contributed by atoms with van der Waals surface area (Å²) in [6.07, 6.45) is 0. The van der Waals surface area contributed by atoms with Gasteiger partial charge in [0.15, 0.2) is 10.2 Å². The molecule has 0 aliphatic carbocycles. The van der Waals surface area contributed by atoms with Crippen LogP contribution in [-0.4, -0.2) is 21.8 Å². The van der Waals surface area contributed by atoms with Gasteiger partial charge in [0.05, 0.1) is 11.4 Å². The first-order chi connectivity index (χ1) is 16.0. The highest BCUT2D eigenvalue weighted by atomic mass is 35.5. The van der Waals surface area contributed by atoms with Crippen LogP contribution in [-0.2, 0) is 4.79 Å². The standard InChI is InChI=1S/C24H19ClN4OS3/c25-17-11-9-16(10-12-17)21-14-33-24(28-21)29-22(30)15-32-20-8-4-7-19(13-20)27-23(31)26-18-5-2-1-3-6-18/h1-14H,15H2,(H2,26,27,31)(H,28,29,30). The number of carbonyl (C=O) groups excluding carboxylic acids is 1. The van der Waals surface area contributed by atoms with Gasteiger partial charge in [-0.05, 0) is 54.7 Å². The average Bonchev–Trinajstić information content (AvgIpc) is 3.27. The number of halogens is 1. The van der Waals surface area contributed by atoms with E-state index in [1.807, 2.05) is 84.2 Å². The highest BCUT2D eigenvalue weighted by molar-refractivity contribution is 8.00. The Labute approximate surface area is 210 Å². The number of nitrogens with one attached hydrogen (secondary N) is 3. The highest BCUT2D eigenvalue weighted by Gasteiger charge is 2.09. The maximum Gasteiger partial charge on any atom is 0.236 e. The van der Waals surface area contributed by atoms with Crippen molar-refractivity contribution in [2.75, 3.05) is 21.7 Å². The van der Waals surface area contributed by atoms with Gasteiger partial charge >= 0.3 is 0 Å². The van der Waals surface area contributed by atoms with E-state index in [4.69, 9.17) is 23.8 Å². The van der Waals surface area contributed by atoms with Crippen molar-refractivity contribution in [2.24, 2.45) is 0 Å². The lowest BCUT2D eigenvalue weighted by atomic mass is 10.2. The van der Waals surface area contributed by atoms with E-state index >= 15 is 0 Å². The molecule has 3 aromatic carbocycles. The van der Waals surface area contributed by atoms with E-state index in [1.54, 1.807) is 0 Å². The van der Waals surface area contributed by atoms with Crippen LogP contribution >= 0.6 is 46.9 Å². The number of nitrogens with zero attached hydrogens (tertiary/aromatic N) is 1. The number of thiocarbonyl (C=S) groups is 1. The fourth-order valence-electron chi connectivity index (χ4n) is 2.87. The second kappa shape index (κ2) is 11.3. The molecule has 5 nitrogen and oxygen atoms in total. The van der Waals surface area contributed by atoms with Crippen LogP contribution in [0.5, 0.6) is 0 Å². The fraction of sp³-hybridized carbons (Fsp3) is 0.0417. The van der Waals surface area contributed by atoms with E-state index in [9.17, 15) is 4.79 Å². The molecule has 0 radical (unpaired) electrons. The van der Waals surface area contributed by atoms with E-state index in [1.165, 1.54) is 23.1 Å². The minimum absolute atomic E-state index is 0.114. The summed E-state index contributed by atoms with van der Waals surface area (Å²) in [6, 6.07) is 24.9. The van der Waals surface area contributed by atoms with E-state index in [0.717, 1.165) is 27.5 Å². The molecule has 0 aliphatic rings. The zero-order chi connectivity index (χ0) is 23.0. The van der Waals surface area contributed by atoms with Crippen molar-refractivity contribution in [1.29, 1.82) is 0 Å². The maximum atomic E-state index is 12.4. The van der Waals surface area contributed by atoms with Gasteiger partial charge < -0.3 is 16.0 Å². The van der Waals surface area contributed by atoms with E-state index in [-0.39, 0.29) is 11.7 Å². The van der Waals surface area contributed by atoms with Gasteiger partial charge in [0.2, 0.25) is 5.91 Å². The lowest BCUT2D eigenvalue weighted by Gasteiger charge is -2.11. The van der Waals surface area contributed by atoms with Gasteiger partial charge in [-0.3, -0.25) is 4.79 Å². The van der Waals surface area contributed by atoms with Crippen LogP contribution in [0.15, 0.2) is 89.1 Å². The summed E-state index contributed by atoms with van der Waals surface area (Å²) in [5.74, 6) is 0.156. The molecule has 1 heterocycles. The number of carbonyl (C=O) groups is 1. The molecule has 1 amide bonds. The Morgan fingerprint density at radius 2 is 1.67 bits per heavy atom. The average molecular weight is 511 g/mol. The predicted octanol–water partition coefficient (Wildman–Crippen LogP) is 7.00. The summed E-state index contributed by atoms with van der Waals surface area (Å²) in [6.45, 7) is 0. The van der Waals surface area contributed by atoms with Gasteiger partial charge in [-0.25, -0.2) is 4.98 Å². The number of hydrogen-bond donors (Lipinski definition) is 3. The maximum absolute atomic E-state index is 12.4. The molecule has 0 atom stereocenters. The van der Waals surface area contributed by atoms with Gasteiger partial charge in [0.25, 0.3) is 0 Å². The van der Waals surface area contributed by atoms with Crippen molar-refractivity contribution in [3.63, 3.8) is 0 Å². The summed E-state index contributed by atoms with van der Waals surface area (Å²) < 4.78 is 0. The van der Waals surface area contributed by atoms with Crippen molar-refractivity contribution in [1.82, 2.24) is 4.98 Å². The van der Waals surface area contributed by atoms with Crippen LogP contribution in [0.4, 0.5) is 16.5 Å². The lowest BCUT2D eigenvalue weighted by Crippen LogP contribution is -2.19. The molecule has 1 aromatic heterocycles. The Hall–Kier alpha value is -2.91. The zero-order valence-electron chi connectivity index (χ0n) is 17.2. The predicted molar refractivity (Wildman–Crippen MR) is 145 cm³/mol.